The van der Waals surface area contributed by atoms with Crippen LogP contribution in [-0.2, 0) is 10.0 Å². The molecule has 11 heavy (non-hydrogen) atoms. The second kappa shape index (κ2) is 4.63. The molecule has 66 valence electrons. The van der Waals surface area contributed by atoms with Crippen molar-refractivity contribution in [3.63, 3.8) is 0 Å². The predicted octanol–water partition coefficient (Wildman–Crippen LogP) is -0.398. The number of hydrogen-bond donors (Lipinski definition) is 2. The monoisotopic (exact) mass is 196 g/mol. The van der Waals surface area contributed by atoms with Crippen molar-refractivity contribution in [3.8, 4) is 0 Å². The minimum absolute atomic E-state index is 0.00592. The van der Waals surface area contributed by atoms with Crippen LogP contribution in [0.5, 0.6) is 0 Å². The maximum absolute atomic E-state index is 10.9. The first-order valence-corrected chi connectivity index (χ1v) is 5.29. The summed E-state index contributed by atoms with van der Waals surface area (Å²) in [7, 11) is -3.26. The molecule has 0 unspecified atom stereocenters. The van der Waals surface area contributed by atoms with Crippen molar-refractivity contribution in [3.05, 3.63) is 0 Å². The van der Waals surface area contributed by atoms with Crippen LogP contribution in [0, 0.1) is 0 Å². The summed E-state index contributed by atoms with van der Waals surface area (Å²) in [6.07, 6.45) is 0.760. The molecule has 0 amide bonds. The predicted molar refractivity (Wildman–Crippen MR) is 48.9 cm³/mol. The highest BCUT2D eigenvalue weighted by Gasteiger charge is 2.09. The van der Waals surface area contributed by atoms with Crippen LogP contribution in [0.25, 0.3) is 0 Å². The summed E-state index contributed by atoms with van der Waals surface area (Å²) < 4.78 is 24.2. The van der Waals surface area contributed by atoms with E-state index in [9.17, 15) is 8.42 Å². The Bertz CT molecular complexity index is 223. The highest BCUT2D eigenvalue weighted by molar-refractivity contribution is 7.92. The molecule has 0 fully saturated rings. The SMILES string of the molecule is CCCNS(=O)(=O)CC(N)=S. The van der Waals surface area contributed by atoms with Crippen molar-refractivity contribution in [2.75, 3.05) is 12.3 Å². The zero-order valence-electron chi connectivity index (χ0n) is 6.33. The Labute approximate surface area is 72.2 Å². The maximum atomic E-state index is 10.9. The Morgan fingerprint density at radius 2 is 2.18 bits per heavy atom. The summed E-state index contributed by atoms with van der Waals surface area (Å²) in [5, 5.41) is 0. The molecule has 0 aliphatic carbocycles. The molecular formula is C5H12N2O2S2. The van der Waals surface area contributed by atoms with Gasteiger partial charge in [0.15, 0.2) is 0 Å². The van der Waals surface area contributed by atoms with Gasteiger partial charge in [0.25, 0.3) is 0 Å². The first-order chi connectivity index (χ1) is 4.98. The molecular weight excluding hydrogens is 184 g/mol. The third-order valence-electron chi connectivity index (χ3n) is 0.904. The standard InChI is InChI=1S/C5H12N2O2S2/c1-2-3-7-11(8,9)4-5(6)10/h7H,2-4H2,1H3,(H2,6,10). The second-order valence-electron chi connectivity index (χ2n) is 2.12. The Kier molecular flexibility index (Phi) is 4.55. The summed E-state index contributed by atoms with van der Waals surface area (Å²) in [5.41, 5.74) is 5.06. The van der Waals surface area contributed by atoms with Gasteiger partial charge in [-0.2, -0.15) is 0 Å². The lowest BCUT2D eigenvalue weighted by atomic mass is 10.5. The molecule has 0 aromatic carbocycles. The Balaban J connectivity index is 3.92. The van der Waals surface area contributed by atoms with Gasteiger partial charge in [-0.15, -0.1) is 0 Å². The molecule has 0 aliphatic heterocycles. The lowest BCUT2D eigenvalue weighted by molar-refractivity contribution is 0.585. The first kappa shape index (κ1) is 10.8. The van der Waals surface area contributed by atoms with Crippen LogP contribution >= 0.6 is 12.2 Å². The normalized spacial score (nSPS) is 11.4. The van der Waals surface area contributed by atoms with Crippen molar-refractivity contribution in [1.29, 1.82) is 0 Å². The average Bonchev–Trinajstić information content (AvgIpc) is 1.81. The van der Waals surface area contributed by atoms with E-state index >= 15 is 0 Å². The third-order valence-corrected chi connectivity index (χ3v) is 2.57. The fourth-order valence-electron chi connectivity index (χ4n) is 0.496. The summed E-state index contributed by atoms with van der Waals surface area (Å²) in [5.74, 6) is -0.262. The molecule has 4 nitrogen and oxygen atoms in total. The van der Waals surface area contributed by atoms with Crippen LogP contribution < -0.4 is 10.5 Å². The molecule has 0 aliphatic rings. The molecule has 0 aromatic heterocycles. The third kappa shape index (κ3) is 6.21. The van der Waals surface area contributed by atoms with Gasteiger partial charge in [0.2, 0.25) is 10.0 Å². The van der Waals surface area contributed by atoms with E-state index in [1.807, 2.05) is 6.92 Å². The van der Waals surface area contributed by atoms with E-state index in [2.05, 4.69) is 16.9 Å². The summed E-state index contributed by atoms with van der Waals surface area (Å²) in [4.78, 5) is -0.00592. The summed E-state index contributed by atoms with van der Waals surface area (Å²) >= 11 is 4.45. The number of hydrogen-bond acceptors (Lipinski definition) is 3. The van der Waals surface area contributed by atoms with Gasteiger partial charge in [-0.1, -0.05) is 19.1 Å². The van der Waals surface area contributed by atoms with E-state index < -0.39 is 10.0 Å². The van der Waals surface area contributed by atoms with E-state index in [0.29, 0.717) is 6.54 Å². The molecule has 0 saturated heterocycles. The van der Waals surface area contributed by atoms with Gasteiger partial charge in [-0.25, -0.2) is 13.1 Å². The van der Waals surface area contributed by atoms with Crippen molar-refractivity contribution in [1.82, 2.24) is 4.72 Å². The minimum atomic E-state index is -3.26. The van der Waals surface area contributed by atoms with E-state index in [4.69, 9.17) is 5.73 Å². The van der Waals surface area contributed by atoms with Crippen LogP contribution in [0.15, 0.2) is 0 Å². The number of thiocarbonyl (C=S) groups is 1. The molecule has 0 radical (unpaired) electrons. The fourth-order valence-corrected chi connectivity index (χ4v) is 1.95. The van der Waals surface area contributed by atoms with Crippen LogP contribution in [0.2, 0.25) is 0 Å². The number of rotatable bonds is 5. The fraction of sp³-hybridized carbons (Fsp3) is 0.800. The number of nitrogens with one attached hydrogen (secondary N) is 1. The lowest BCUT2D eigenvalue weighted by Crippen LogP contribution is -2.32. The van der Waals surface area contributed by atoms with Crippen LogP contribution in [0.4, 0.5) is 0 Å². The smallest absolute Gasteiger partial charge is 0.218 e. The van der Waals surface area contributed by atoms with Crippen molar-refractivity contribution in [2.45, 2.75) is 13.3 Å². The number of sulfonamides is 1. The molecule has 0 aromatic rings. The second-order valence-corrected chi connectivity index (χ2v) is 4.45. The molecule has 3 N–H and O–H groups in total. The van der Waals surface area contributed by atoms with E-state index in [1.165, 1.54) is 0 Å². The van der Waals surface area contributed by atoms with E-state index in [-0.39, 0.29) is 10.7 Å². The largest absolute Gasteiger partial charge is 0.392 e. The highest BCUT2D eigenvalue weighted by atomic mass is 32.2. The molecule has 0 bridgehead atoms. The quantitative estimate of drug-likeness (QED) is 0.587. The van der Waals surface area contributed by atoms with Gasteiger partial charge in [-0.05, 0) is 6.42 Å². The van der Waals surface area contributed by atoms with E-state index in [0.717, 1.165) is 6.42 Å². The average molecular weight is 196 g/mol. The Morgan fingerprint density at radius 3 is 2.55 bits per heavy atom. The van der Waals surface area contributed by atoms with Gasteiger partial charge in [0.05, 0.1) is 4.99 Å². The minimum Gasteiger partial charge on any atom is -0.392 e. The topological polar surface area (TPSA) is 72.2 Å². The van der Waals surface area contributed by atoms with Crippen LogP contribution in [0.1, 0.15) is 13.3 Å². The Morgan fingerprint density at radius 1 is 1.64 bits per heavy atom. The summed E-state index contributed by atoms with van der Waals surface area (Å²) in [6.45, 7) is 2.31. The van der Waals surface area contributed by atoms with Crippen LogP contribution in [0.3, 0.4) is 0 Å². The first-order valence-electron chi connectivity index (χ1n) is 3.23. The zero-order valence-corrected chi connectivity index (χ0v) is 7.96. The maximum Gasteiger partial charge on any atom is 0.218 e. The molecule has 0 atom stereocenters. The van der Waals surface area contributed by atoms with Gasteiger partial charge in [0, 0.05) is 6.54 Å². The molecule has 0 spiro atoms. The molecule has 0 saturated carbocycles. The Hall–Kier alpha value is -0.200. The van der Waals surface area contributed by atoms with Crippen LogP contribution in [-0.4, -0.2) is 25.7 Å². The zero-order chi connectivity index (χ0) is 8.91. The van der Waals surface area contributed by atoms with Crippen molar-refractivity contribution in [2.24, 2.45) is 5.73 Å². The lowest BCUT2D eigenvalue weighted by Gasteiger charge is -2.02. The van der Waals surface area contributed by atoms with Crippen molar-refractivity contribution < 1.29 is 8.42 Å². The molecule has 0 rings (SSSR count). The van der Waals surface area contributed by atoms with Gasteiger partial charge < -0.3 is 5.73 Å². The highest BCUT2D eigenvalue weighted by Crippen LogP contribution is 1.84. The molecule has 6 heteroatoms. The number of nitrogens with two attached hydrogens (primary N) is 1. The molecule has 0 heterocycles. The van der Waals surface area contributed by atoms with Gasteiger partial charge in [0.1, 0.15) is 5.75 Å². The van der Waals surface area contributed by atoms with Gasteiger partial charge in [-0.3, -0.25) is 0 Å². The van der Waals surface area contributed by atoms with Gasteiger partial charge >= 0.3 is 0 Å². The summed E-state index contributed by atoms with van der Waals surface area (Å²) in [6, 6.07) is 0. The van der Waals surface area contributed by atoms with Crippen molar-refractivity contribution >= 4 is 27.2 Å². The van der Waals surface area contributed by atoms with E-state index in [1.54, 1.807) is 0 Å².